The largest absolute Gasteiger partial charge is 0.363 e. The Labute approximate surface area is 197 Å². The van der Waals surface area contributed by atoms with E-state index in [1.807, 2.05) is 48.7 Å². The van der Waals surface area contributed by atoms with Crippen LogP contribution in [0.5, 0.6) is 0 Å². The van der Waals surface area contributed by atoms with E-state index in [2.05, 4.69) is 45.4 Å². The minimum Gasteiger partial charge on any atom is -0.363 e. The molecule has 0 amide bonds. The molecular formula is C27H24ClN5. The molecule has 0 spiro atoms. The van der Waals surface area contributed by atoms with Crippen molar-refractivity contribution in [2.75, 3.05) is 5.32 Å². The maximum absolute atomic E-state index is 6.16. The SMILES string of the molecule is Clc1cccc(CNc2nc3ccccc3n3c(-c4ccc(CNC5CC5)cc4)cnc23)c1. The molecule has 0 saturated heterocycles. The van der Waals surface area contributed by atoms with E-state index in [0.29, 0.717) is 12.6 Å². The molecule has 1 aliphatic carbocycles. The van der Waals surface area contributed by atoms with Gasteiger partial charge in [-0.15, -0.1) is 0 Å². The van der Waals surface area contributed by atoms with Crippen molar-refractivity contribution >= 4 is 34.1 Å². The van der Waals surface area contributed by atoms with Crippen molar-refractivity contribution in [2.45, 2.75) is 32.0 Å². The number of para-hydroxylation sites is 2. The van der Waals surface area contributed by atoms with Crippen LogP contribution in [0.2, 0.25) is 5.02 Å². The molecule has 2 N–H and O–H groups in total. The van der Waals surface area contributed by atoms with Crippen LogP contribution in [0.4, 0.5) is 5.82 Å². The van der Waals surface area contributed by atoms with E-state index in [1.165, 1.54) is 18.4 Å². The van der Waals surface area contributed by atoms with Gasteiger partial charge in [-0.05, 0) is 48.2 Å². The van der Waals surface area contributed by atoms with Crippen LogP contribution in [0.3, 0.4) is 0 Å². The Morgan fingerprint density at radius 2 is 1.76 bits per heavy atom. The topological polar surface area (TPSA) is 54.2 Å². The molecule has 0 radical (unpaired) electrons. The molecule has 5 nitrogen and oxygen atoms in total. The zero-order valence-electron chi connectivity index (χ0n) is 18.1. The number of halogens is 1. The average molecular weight is 454 g/mol. The highest BCUT2D eigenvalue weighted by Crippen LogP contribution is 2.29. The minimum atomic E-state index is 0.618. The van der Waals surface area contributed by atoms with E-state index in [9.17, 15) is 0 Å². The predicted octanol–water partition coefficient (Wildman–Crippen LogP) is 6.07. The van der Waals surface area contributed by atoms with Crippen LogP contribution in [0.25, 0.3) is 27.9 Å². The van der Waals surface area contributed by atoms with Gasteiger partial charge in [-0.3, -0.25) is 4.40 Å². The van der Waals surface area contributed by atoms with Gasteiger partial charge in [-0.25, -0.2) is 9.97 Å². The highest BCUT2D eigenvalue weighted by Gasteiger charge is 2.20. The lowest BCUT2D eigenvalue weighted by Crippen LogP contribution is -2.15. The van der Waals surface area contributed by atoms with Crippen molar-refractivity contribution < 1.29 is 0 Å². The summed E-state index contributed by atoms with van der Waals surface area (Å²) in [5, 5.41) is 7.77. The predicted molar refractivity (Wildman–Crippen MR) is 135 cm³/mol. The molecule has 0 unspecified atom stereocenters. The number of imidazole rings is 1. The summed E-state index contributed by atoms with van der Waals surface area (Å²) in [7, 11) is 0. The van der Waals surface area contributed by atoms with Crippen LogP contribution >= 0.6 is 11.6 Å². The van der Waals surface area contributed by atoms with Crippen LogP contribution in [0, 0.1) is 0 Å². The summed E-state index contributed by atoms with van der Waals surface area (Å²) in [6.45, 7) is 1.54. The van der Waals surface area contributed by atoms with Crippen molar-refractivity contribution in [1.29, 1.82) is 0 Å². The summed E-state index contributed by atoms with van der Waals surface area (Å²) in [5.74, 6) is 0.755. The molecule has 1 aliphatic rings. The summed E-state index contributed by atoms with van der Waals surface area (Å²) in [5.41, 5.74) is 7.35. The fraction of sp³-hybridized carbons (Fsp3) is 0.185. The second kappa shape index (κ2) is 8.50. The number of fused-ring (bicyclic) bond motifs is 3. The van der Waals surface area contributed by atoms with Crippen molar-refractivity contribution in [3.63, 3.8) is 0 Å². The number of hydrogen-bond donors (Lipinski definition) is 2. The zero-order chi connectivity index (χ0) is 22.2. The molecule has 6 rings (SSSR count). The first-order valence-corrected chi connectivity index (χ1v) is 11.7. The lowest BCUT2D eigenvalue weighted by Gasteiger charge is -2.12. The molecule has 1 saturated carbocycles. The highest BCUT2D eigenvalue weighted by molar-refractivity contribution is 6.30. The summed E-state index contributed by atoms with van der Waals surface area (Å²) in [4.78, 5) is 9.64. The first-order chi connectivity index (χ1) is 16.2. The number of nitrogens with one attached hydrogen (secondary N) is 2. The third-order valence-electron chi connectivity index (χ3n) is 6.10. The lowest BCUT2D eigenvalue weighted by atomic mass is 10.1. The van der Waals surface area contributed by atoms with Gasteiger partial charge >= 0.3 is 0 Å². The Kier molecular flexibility index (Phi) is 5.21. The Balaban J connectivity index is 1.38. The second-order valence-electron chi connectivity index (χ2n) is 8.59. The van der Waals surface area contributed by atoms with Gasteiger partial charge in [0.1, 0.15) is 0 Å². The molecule has 0 atom stereocenters. The molecule has 2 heterocycles. The monoisotopic (exact) mass is 453 g/mol. The highest BCUT2D eigenvalue weighted by atomic mass is 35.5. The van der Waals surface area contributed by atoms with Crippen LogP contribution in [0.15, 0.2) is 79.0 Å². The van der Waals surface area contributed by atoms with E-state index >= 15 is 0 Å². The molecule has 6 heteroatoms. The third-order valence-corrected chi connectivity index (χ3v) is 6.33. The number of anilines is 1. The van der Waals surface area contributed by atoms with Gasteiger partial charge in [0, 0.05) is 29.7 Å². The number of hydrogen-bond acceptors (Lipinski definition) is 4. The number of rotatable bonds is 7. The Morgan fingerprint density at radius 1 is 0.909 bits per heavy atom. The number of benzene rings is 3. The molecule has 33 heavy (non-hydrogen) atoms. The molecule has 0 bridgehead atoms. The molecule has 3 aromatic carbocycles. The van der Waals surface area contributed by atoms with Gasteiger partial charge < -0.3 is 10.6 Å². The molecular weight excluding hydrogens is 430 g/mol. The maximum Gasteiger partial charge on any atom is 0.181 e. The minimum absolute atomic E-state index is 0.618. The van der Waals surface area contributed by atoms with Crippen molar-refractivity contribution in [3.05, 3.63) is 95.1 Å². The number of aromatic nitrogens is 3. The molecule has 5 aromatic rings. The van der Waals surface area contributed by atoms with E-state index in [1.54, 1.807) is 0 Å². The maximum atomic E-state index is 6.16. The van der Waals surface area contributed by atoms with Crippen LogP contribution < -0.4 is 10.6 Å². The van der Waals surface area contributed by atoms with Gasteiger partial charge in [-0.2, -0.15) is 0 Å². The Bertz CT molecular complexity index is 1440. The van der Waals surface area contributed by atoms with E-state index < -0.39 is 0 Å². The normalized spacial score (nSPS) is 13.6. The molecule has 0 aliphatic heterocycles. The van der Waals surface area contributed by atoms with Crippen molar-refractivity contribution in [2.24, 2.45) is 0 Å². The standard InChI is InChI=1S/C27H24ClN5/c28-21-5-3-4-19(14-21)16-30-26-27-31-17-25(33(27)24-7-2-1-6-23(24)32-26)20-10-8-18(9-11-20)15-29-22-12-13-22/h1-11,14,17,22,29H,12-13,15-16H2,(H,30,32). The average Bonchev–Trinajstić information content (AvgIpc) is 3.57. The van der Waals surface area contributed by atoms with Gasteiger partial charge in [0.2, 0.25) is 0 Å². The quantitative estimate of drug-likeness (QED) is 0.314. The Hall–Kier alpha value is -3.41. The Morgan fingerprint density at radius 3 is 2.58 bits per heavy atom. The van der Waals surface area contributed by atoms with Gasteiger partial charge in [0.15, 0.2) is 11.5 Å². The fourth-order valence-electron chi connectivity index (χ4n) is 4.18. The first kappa shape index (κ1) is 20.2. The zero-order valence-corrected chi connectivity index (χ0v) is 18.9. The van der Waals surface area contributed by atoms with Gasteiger partial charge in [0.25, 0.3) is 0 Å². The third kappa shape index (κ3) is 4.17. The van der Waals surface area contributed by atoms with Crippen LogP contribution in [-0.4, -0.2) is 20.4 Å². The van der Waals surface area contributed by atoms with Crippen LogP contribution in [0.1, 0.15) is 24.0 Å². The molecule has 164 valence electrons. The molecule has 2 aromatic heterocycles. The molecule has 1 fully saturated rings. The van der Waals surface area contributed by atoms with E-state index in [4.69, 9.17) is 21.6 Å². The van der Waals surface area contributed by atoms with E-state index in [0.717, 1.165) is 50.9 Å². The fourth-order valence-corrected chi connectivity index (χ4v) is 4.39. The second-order valence-corrected chi connectivity index (χ2v) is 9.02. The van der Waals surface area contributed by atoms with Gasteiger partial charge in [-0.1, -0.05) is 60.1 Å². The van der Waals surface area contributed by atoms with Gasteiger partial charge in [0.05, 0.1) is 22.9 Å². The summed E-state index contributed by atoms with van der Waals surface area (Å²) in [6, 6.07) is 25.5. The van der Waals surface area contributed by atoms with Crippen LogP contribution in [-0.2, 0) is 13.1 Å². The summed E-state index contributed by atoms with van der Waals surface area (Å²) >= 11 is 6.16. The summed E-state index contributed by atoms with van der Waals surface area (Å²) in [6.07, 6.45) is 4.54. The lowest BCUT2D eigenvalue weighted by molar-refractivity contribution is 0.688. The smallest absolute Gasteiger partial charge is 0.181 e. The van der Waals surface area contributed by atoms with E-state index in [-0.39, 0.29) is 0 Å². The number of nitrogens with zero attached hydrogens (tertiary/aromatic N) is 3. The summed E-state index contributed by atoms with van der Waals surface area (Å²) < 4.78 is 2.19. The first-order valence-electron chi connectivity index (χ1n) is 11.3. The van der Waals surface area contributed by atoms with Crippen molar-refractivity contribution in [3.8, 4) is 11.3 Å². The van der Waals surface area contributed by atoms with Crippen molar-refractivity contribution in [1.82, 2.24) is 19.7 Å².